The molecule has 1 rings (SSSR count). The summed E-state index contributed by atoms with van der Waals surface area (Å²) in [6, 6.07) is 0. The van der Waals surface area contributed by atoms with Gasteiger partial charge in [0.05, 0.1) is 0 Å². The molecule has 0 bridgehead atoms. The molecule has 1 fully saturated rings. The van der Waals surface area contributed by atoms with Gasteiger partial charge in [0.2, 0.25) is 0 Å². The molecule has 0 nitrogen and oxygen atoms in total. The lowest BCUT2D eigenvalue weighted by molar-refractivity contribution is 0.0582. The molecule has 74 valence electrons. The molecule has 0 heteroatoms. The van der Waals surface area contributed by atoms with Crippen LogP contribution in [0.3, 0.4) is 0 Å². The molecule has 0 amide bonds. The minimum Gasteiger partial charge on any atom is -0.0649 e. The molecule has 1 aliphatic rings. The molecule has 0 radical (unpaired) electrons. The minimum atomic E-state index is 0. The van der Waals surface area contributed by atoms with Crippen LogP contribution >= 0.6 is 0 Å². The second-order valence-electron chi connectivity index (χ2n) is 6.02. The summed E-state index contributed by atoms with van der Waals surface area (Å²) in [6.45, 7) is 12.1. The maximum atomic E-state index is 2.46. The number of hydrogen-bond acceptors (Lipinski definition) is 0. The van der Waals surface area contributed by atoms with Gasteiger partial charge in [0.25, 0.3) is 0 Å². The molecule has 1 saturated carbocycles. The number of hydrogen-bond donors (Lipinski definition) is 0. The van der Waals surface area contributed by atoms with Gasteiger partial charge in [-0.25, -0.2) is 0 Å². The smallest absolute Gasteiger partial charge is 0 e. The summed E-state index contributed by atoms with van der Waals surface area (Å²) in [5.41, 5.74) is 1.21. The van der Waals surface area contributed by atoms with Crippen molar-refractivity contribution in [3.8, 4) is 0 Å². The summed E-state index contributed by atoms with van der Waals surface area (Å²) in [4.78, 5) is 0. The maximum Gasteiger partial charge on any atom is 0 e. The molecule has 0 aliphatic heterocycles. The van der Waals surface area contributed by atoms with E-state index in [1.54, 1.807) is 0 Å². The van der Waals surface area contributed by atoms with E-state index in [0.717, 1.165) is 5.92 Å². The van der Waals surface area contributed by atoms with Gasteiger partial charge in [-0.15, -0.1) is 0 Å². The zero-order chi connectivity index (χ0) is 9.41. The van der Waals surface area contributed by atoms with Crippen molar-refractivity contribution in [3.05, 3.63) is 0 Å². The van der Waals surface area contributed by atoms with E-state index in [1.165, 1.54) is 25.7 Å². The minimum absolute atomic E-state index is 0. The van der Waals surface area contributed by atoms with Crippen LogP contribution in [0.4, 0.5) is 0 Å². The standard InChI is InChI=1S/C12H24.H2/c1-6-12(5)8-10(2)7-11(3,4)9-12;/h10H,6-9H2,1-5H3;1H. The van der Waals surface area contributed by atoms with E-state index in [-0.39, 0.29) is 1.43 Å². The van der Waals surface area contributed by atoms with Crippen LogP contribution in [0.1, 0.15) is 61.7 Å². The zero-order valence-electron chi connectivity index (χ0n) is 9.41. The normalized spacial score (nSPS) is 41.2. The topological polar surface area (TPSA) is 0 Å². The van der Waals surface area contributed by atoms with Gasteiger partial charge < -0.3 is 0 Å². The van der Waals surface area contributed by atoms with Gasteiger partial charge in [-0.05, 0) is 36.0 Å². The van der Waals surface area contributed by atoms with Crippen molar-refractivity contribution < 1.29 is 1.43 Å². The Kier molecular flexibility index (Phi) is 2.56. The Morgan fingerprint density at radius 3 is 2.25 bits per heavy atom. The molecule has 0 saturated heterocycles. The fourth-order valence-electron chi connectivity index (χ4n) is 3.43. The lowest BCUT2D eigenvalue weighted by Crippen LogP contribution is -2.34. The quantitative estimate of drug-likeness (QED) is 0.543. The fraction of sp³-hybridized carbons (Fsp3) is 1.00. The van der Waals surface area contributed by atoms with E-state index in [2.05, 4.69) is 34.6 Å². The van der Waals surface area contributed by atoms with Crippen LogP contribution in [0, 0.1) is 16.7 Å². The van der Waals surface area contributed by atoms with Crippen LogP contribution in [0.5, 0.6) is 0 Å². The van der Waals surface area contributed by atoms with E-state index >= 15 is 0 Å². The van der Waals surface area contributed by atoms with E-state index < -0.39 is 0 Å². The van der Waals surface area contributed by atoms with Gasteiger partial charge in [0.1, 0.15) is 0 Å². The predicted octanol–water partition coefficient (Wildman–Crippen LogP) is 4.49. The zero-order valence-corrected chi connectivity index (χ0v) is 9.41. The predicted molar refractivity (Wildman–Crippen MR) is 57.3 cm³/mol. The lowest BCUT2D eigenvalue weighted by Gasteiger charge is -2.45. The van der Waals surface area contributed by atoms with E-state index in [0.29, 0.717) is 10.8 Å². The van der Waals surface area contributed by atoms with Gasteiger partial charge in [0.15, 0.2) is 0 Å². The van der Waals surface area contributed by atoms with E-state index in [4.69, 9.17) is 0 Å². The van der Waals surface area contributed by atoms with Gasteiger partial charge in [0, 0.05) is 1.43 Å². The third-order valence-corrected chi connectivity index (χ3v) is 3.50. The maximum absolute atomic E-state index is 2.46. The van der Waals surface area contributed by atoms with Gasteiger partial charge in [-0.3, -0.25) is 0 Å². The highest BCUT2D eigenvalue weighted by molar-refractivity contribution is 4.89. The van der Waals surface area contributed by atoms with Crippen LogP contribution in [-0.4, -0.2) is 0 Å². The first-order valence-electron chi connectivity index (χ1n) is 5.37. The highest BCUT2D eigenvalue weighted by atomic mass is 14.4. The first kappa shape index (κ1) is 10.1. The molecule has 2 unspecified atom stereocenters. The molecular formula is C12H26. The van der Waals surface area contributed by atoms with Crippen molar-refractivity contribution in [3.63, 3.8) is 0 Å². The molecule has 0 aromatic rings. The third-order valence-electron chi connectivity index (χ3n) is 3.50. The second kappa shape index (κ2) is 3.05. The molecule has 0 heterocycles. The van der Waals surface area contributed by atoms with Crippen molar-refractivity contribution in [2.45, 2.75) is 60.3 Å². The van der Waals surface area contributed by atoms with Gasteiger partial charge in [-0.1, -0.05) is 41.0 Å². The Morgan fingerprint density at radius 1 is 1.25 bits per heavy atom. The Labute approximate surface area is 79.2 Å². The van der Waals surface area contributed by atoms with Crippen LogP contribution in [0.15, 0.2) is 0 Å². The van der Waals surface area contributed by atoms with Crippen molar-refractivity contribution in [2.24, 2.45) is 16.7 Å². The van der Waals surface area contributed by atoms with Crippen LogP contribution in [0.2, 0.25) is 0 Å². The average molecular weight is 170 g/mol. The Morgan fingerprint density at radius 2 is 1.83 bits per heavy atom. The third kappa shape index (κ3) is 2.24. The highest BCUT2D eigenvalue weighted by Crippen LogP contribution is 2.49. The van der Waals surface area contributed by atoms with E-state index in [1.807, 2.05) is 0 Å². The summed E-state index contributed by atoms with van der Waals surface area (Å²) in [7, 11) is 0. The van der Waals surface area contributed by atoms with Crippen LogP contribution in [-0.2, 0) is 0 Å². The summed E-state index contributed by atoms with van der Waals surface area (Å²) in [5.74, 6) is 0.929. The average Bonchev–Trinajstić information content (AvgIpc) is 1.82. The Balaban J connectivity index is 0.00000144. The first-order valence-corrected chi connectivity index (χ1v) is 5.37. The van der Waals surface area contributed by atoms with Crippen molar-refractivity contribution in [1.29, 1.82) is 0 Å². The fourth-order valence-corrected chi connectivity index (χ4v) is 3.43. The second-order valence-corrected chi connectivity index (χ2v) is 6.02. The number of rotatable bonds is 1. The van der Waals surface area contributed by atoms with Gasteiger partial charge >= 0.3 is 0 Å². The van der Waals surface area contributed by atoms with Crippen molar-refractivity contribution in [1.82, 2.24) is 0 Å². The molecule has 2 atom stereocenters. The molecule has 0 spiro atoms. The van der Waals surface area contributed by atoms with E-state index in [9.17, 15) is 0 Å². The molecule has 0 N–H and O–H groups in total. The van der Waals surface area contributed by atoms with Gasteiger partial charge in [-0.2, -0.15) is 0 Å². The Hall–Kier alpha value is 0. The molecule has 0 aromatic heterocycles. The highest BCUT2D eigenvalue weighted by Gasteiger charge is 2.38. The van der Waals surface area contributed by atoms with Crippen molar-refractivity contribution in [2.75, 3.05) is 0 Å². The first-order chi connectivity index (χ1) is 5.37. The summed E-state index contributed by atoms with van der Waals surface area (Å²) < 4.78 is 0. The largest absolute Gasteiger partial charge is 0.0649 e. The monoisotopic (exact) mass is 170 g/mol. The van der Waals surface area contributed by atoms with Crippen LogP contribution in [0.25, 0.3) is 0 Å². The van der Waals surface area contributed by atoms with Crippen molar-refractivity contribution >= 4 is 0 Å². The Bertz CT molecular complexity index is 163. The SMILES string of the molecule is CCC1(C)CC(C)CC(C)(C)C1.[HH]. The summed E-state index contributed by atoms with van der Waals surface area (Å²) >= 11 is 0. The molecular weight excluding hydrogens is 144 g/mol. The molecule has 1 aliphatic carbocycles. The molecule has 12 heavy (non-hydrogen) atoms. The summed E-state index contributed by atoms with van der Waals surface area (Å²) in [5, 5.41) is 0. The summed E-state index contributed by atoms with van der Waals surface area (Å²) in [6.07, 6.45) is 5.62. The van der Waals surface area contributed by atoms with Crippen LogP contribution < -0.4 is 0 Å². The molecule has 0 aromatic carbocycles. The lowest BCUT2D eigenvalue weighted by atomic mass is 9.60.